The molecule has 1 fully saturated rings. The quantitative estimate of drug-likeness (QED) is 0.406. The predicted molar refractivity (Wildman–Crippen MR) is 139 cm³/mol. The van der Waals surface area contributed by atoms with E-state index in [1.54, 1.807) is 6.20 Å². The van der Waals surface area contributed by atoms with Gasteiger partial charge in [-0.15, -0.1) is 0 Å². The zero-order chi connectivity index (χ0) is 23.8. The molecule has 1 aliphatic heterocycles. The molecule has 1 aromatic heterocycles. The molecule has 1 amide bonds. The van der Waals surface area contributed by atoms with Crippen molar-refractivity contribution in [2.75, 3.05) is 25.0 Å². The average molecular weight is 497 g/mol. The lowest BCUT2D eigenvalue weighted by Gasteiger charge is -2.24. The van der Waals surface area contributed by atoms with Gasteiger partial charge in [-0.3, -0.25) is 14.7 Å². The Bertz CT molecular complexity index is 1030. The van der Waals surface area contributed by atoms with E-state index in [-0.39, 0.29) is 11.8 Å². The van der Waals surface area contributed by atoms with Crippen molar-refractivity contribution in [3.63, 3.8) is 0 Å². The number of carbonyl (C=O) groups is 1. The average Bonchev–Trinajstić information content (AvgIpc) is 2.87. The van der Waals surface area contributed by atoms with Crippen LogP contribution >= 0.6 is 23.2 Å². The van der Waals surface area contributed by atoms with Crippen molar-refractivity contribution >= 4 is 34.8 Å². The Morgan fingerprint density at radius 1 is 0.971 bits per heavy atom. The van der Waals surface area contributed by atoms with Crippen LogP contribution in [-0.2, 0) is 24.3 Å². The minimum absolute atomic E-state index is 0.0303. The fourth-order valence-electron chi connectivity index (χ4n) is 4.26. The molecule has 0 spiro atoms. The molecular formula is C27H30Cl2N4O. The van der Waals surface area contributed by atoms with Crippen LogP contribution in [-0.4, -0.2) is 35.4 Å². The second-order valence-electron chi connectivity index (χ2n) is 8.69. The van der Waals surface area contributed by atoms with Gasteiger partial charge < -0.3 is 10.6 Å². The van der Waals surface area contributed by atoms with E-state index in [4.69, 9.17) is 23.2 Å². The number of anilines is 1. The highest BCUT2D eigenvalue weighted by atomic mass is 35.5. The fourth-order valence-corrected chi connectivity index (χ4v) is 4.80. The Hall–Kier alpha value is -2.44. The lowest BCUT2D eigenvalue weighted by molar-refractivity contribution is -0.120. The van der Waals surface area contributed by atoms with Gasteiger partial charge in [-0.1, -0.05) is 83.9 Å². The molecule has 0 unspecified atom stereocenters. The van der Waals surface area contributed by atoms with E-state index in [0.29, 0.717) is 22.2 Å². The summed E-state index contributed by atoms with van der Waals surface area (Å²) in [4.78, 5) is 19.6. The van der Waals surface area contributed by atoms with Crippen LogP contribution in [0.3, 0.4) is 0 Å². The van der Waals surface area contributed by atoms with Gasteiger partial charge in [0, 0.05) is 38.2 Å². The summed E-state index contributed by atoms with van der Waals surface area (Å²) < 4.78 is 0. The van der Waals surface area contributed by atoms with Crippen molar-refractivity contribution in [1.82, 2.24) is 15.2 Å². The first-order valence-corrected chi connectivity index (χ1v) is 12.5. The van der Waals surface area contributed by atoms with Crippen LogP contribution < -0.4 is 10.6 Å². The largest absolute Gasteiger partial charge is 0.323 e. The number of nitrogens with zero attached hydrogens (tertiary/aromatic N) is 2. The number of amides is 1. The summed E-state index contributed by atoms with van der Waals surface area (Å²) in [6.07, 6.45) is 3.85. The molecule has 0 radical (unpaired) electrons. The van der Waals surface area contributed by atoms with Gasteiger partial charge in [0.15, 0.2) is 0 Å². The normalized spacial score (nSPS) is 14.3. The highest BCUT2D eigenvalue weighted by Crippen LogP contribution is 2.33. The second-order valence-corrected chi connectivity index (χ2v) is 9.47. The Labute approximate surface area is 211 Å². The zero-order valence-corrected chi connectivity index (χ0v) is 20.7. The molecule has 3 aromatic rings. The number of pyridine rings is 1. The Morgan fingerprint density at radius 3 is 2.15 bits per heavy atom. The minimum Gasteiger partial charge on any atom is -0.323 e. The summed E-state index contributed by atoms with van der Waals surface area (Å²) in [6, 6.07) is 20.9. The molecule has 2 aromatic carbocycles. The summed E-state index contributed by atoms with van der Waals surface area (Å²) in [7, 11) is 0. The molecule has 0 bridgehead atoms. The first-order valence-electron chi connectivity index (χ1n) is 11.7. The standard InChI is InChI=1S/C27H30Cl2N4O/c28-23-17-31-24(25(29)26(23)32-27(34)22-11-14-30-15-12-22)13-16-33(18-20-7-3-1-4-8-20)19-21-9-5-2-6-10-21/h1-10,17,22,30H,11-16,18-19H2,(H,31,32,34). The van der Waals surface area contributed by atoms with E-state index >= 15 is 0 Å². The lowest BCUT2D eigenvalue weighted by atomic mass is 9.97. The summed E-state index contributed by atoms with van der Waals surface area (Å²) in [5.74, 6) is -0.0607. The van der Waals surface area contributed by atoms with E-state index in [1.165, 1.54) is 11.1 Å². The maximum absolute atomic E-state index is 12.8. The minimum atomic E-state index is -0.0303. The topological polar surface area (TPSA) is 57.3 Å². The van der Waals surface area contributed by atoms with E-state index in [0.717, 1.165) is 51.3 Å². The maximum atomic E-state index is 12.8. The van der Waals surface area contributed by atoms with Crippen molar-refractivity contribution in [3.8, 4) is 0 Å². The predicted octanol–water partition coefficient (Wildman–Crippen LogP) is 5.57. The number of rotatable bonds is 9. The number of piperidine rings is 1. The molecule has 1 aliphatic rings. The van der Waals surface area contributed by atoms with Crippen molar-refractivity contribution in [3.05, 3.63) is 93.7 Å². The third-order valence-corrected chi connectivity index (χ3v) is 6.86. The Kier molecular flexibility index (Phi) is 8.94. The molecule has 7 heteroatoms. The number of halogens is 2. The molecule has 2 N–H and O–H groups in total. The van der Waals surface area contributed by atoms with Crippen LogP contribution in [0, 0.1) is 5.92 Å². The SMILES string of the molecule is O=C(Nc1c(Cl)cnc(CCN(Cc2ccccc2)Cc2ccccc2)c1Cl)C1CCNCC1. The zero-order valence-electron chi connectivity index (χ0n) is 19.1. The number of carbonyl (C=O) groups excluding carboxylic acids is 1. The van der Waals surface area contributed by atoms with Gasteiger partial charge in [0.05, 0.1) is 21.4 Å². The highest BCUT2D eigenvalue weighted by Gasteiger charge is 2.23. The van der Waals surface area contributed by atoms with Crippen molar-refractivity contribution in [2.24, 2.45) is 5.92 Å². The highest BCUT2D eigenvalue weighted by molar-refractivity contribution is 6.40. The summed E-state index contributed by atoms with van der Waals surface area (Å²) in [5, 5.41) is 7.04. The van der Waals surface area contributed by atoms with Gasteiger partial charge in [0.25, 0.3) is 0 Å². The lowest BCUT2D eigenvalue weighted by Crippen LogP contribution is -2.34. The smallest absolute Gasteiger partial charge is 0.227 e. The van der Waals surface area contributed by atoms with Crippen LogP contribution in [0.4, 0.5) is 5.69 Å². The molecule has 0 aliphatic carbocycles. The van der Waals surface area contributed by atoms with Crippen LogP contribution in [0.1, 0.15) is 29.7 Å². The third kappa shape index (κ3) is 6.80. The first-order chi connectivity index (χ1) is 16.6. The molecule has 0 atom stereocenters. The molecule has 5 nitrogen and oxygen atoms in total. The van der Waals surface area contributed by atoms with Gasteiger partial charge in [-0.25, -0.2) is 0 Å². The van der Waals surface area contributed by atoms with Gasteiger partial charge in [0.1, 0.15) is 0 Å². The first kappa shape index (κ1) is 24.7. The number of benzene rings is 2. The van der Waals surface area contributed by atoms with E-state index in [2.05, 4.69) is 69.0 Å². The number of nitrogens with one attached hydrogen (secondary N) is 2. The number of hydrogen-bond donors (Lipinski definition) is 2. The van der Waals surface area contributed by atoms with Crippen LogP contribution in [0.2, 0.25) is 10.0 Å². The Morgan fingerprint density at radius 2 is 1.56 bits per heavy atom. The van der Waals surface area contributed by atoms with E-state index in [9.17, 15) is 4.79 Å². The monoisotopic (exact) mass is 496 g/mol. The summed E-state index contributed by atoms with van der Waals surface area (Å²) in [5.41, 5.74) is 3.71. The molecule has 178 valence electrons. The third-order valence-electron chi connectivity index (χ3n) is 6.17. The molecular weight excluding hydrogens is 467 g/mol. The molecule has 4 rings (SSSR count). The molecule has 34 heavy (non-hydrogen) atoms. The molecule has 2 heterocycles. The van der Waals surface area contributed by atoms with Crippen molar-refractivity contribution in [2.45, 2.75) is 32.4 Å². The van der Waals surface area contributed by atoms with Gasteiger partial charge in [0.2, 0.25) is 5.91 Å². The van der Waals surface area contributed by atoms with Gasteiger partial charge in [-0.2, -0.15) is 0 Å². The fraction of sp³-hybridized carbons (Fsp3) is 0.333. The van der Waals surface area contributed by atoms with Crippen molar-refractivity contribution in [1.29, 1.82) is 0 Å². The molecule has 0 saturated carbocycles. The van der Waals surface area contributed by atoms with Gasteiger partial charge in [-0.05, 0) is 37.1 Å². The Balaban J connectivity index is 1.47. The summed E-state index contributed by atoms with van der Waals surface area (Å²) in [6.45, 7) is 4.10. The van der Waals surface area contributed by atoms with Crippen LogP contribution in [0.25, 0.3) is 0 Å². The van der Waals surface area contributed by atoms with Crippen molar-refractivity contribution < 1.29 is 4.79 Å². The van der Waals surface area contributed by atoms with Crippen LogP contribution in [0.5, 0.6) is 0 Å². The number of aromatic nitrogens is 1. The van der Waals surface area contributed by atoms with E-state index < -0.39 is 0 Å². The molecule has 1 saturated heterocycles. The number of hydrogen-bond acceptors (Lipinski definition) is 4. The van der Waals surface area contributed by atoms with Crippen LogP contribution in [0.15, 0.2) is 66.9 Å². The second kappa shape index (κ2) is 12.3. The summed E-state index contributed by atoms with van der Waals surface area (Å²) >= 11 is 13.1. The maximum Gasteiger partial charge on any atom is 0.227 e. The van der Waals surface area contributed by atoms with Gasteiger partial charge >= 0.3 is 0 Å². The van der Waals surface area contributed by atoms with E-state index in [1.807, 2.05) is 12.1 Å².